The molecule has 2 fully saturated rings. The Balaban J connectivity index is 0.000000369. The molecular weight excluding hydrogens is 685 g/mol. The topological polar surface area (TPSA) is 24.9 Å². The summed E-state index contributed by atoms with van der Waals surface area (Å²) < 4.78 is 11.2. The van der Waals surface area contributed by atoms with Crippen molar-refractivity contribution in [1.29, 1.82) is 0 Å². The van der Waals surface area contributed by atoms with Crippen LogP contribution >= 0.6 is 137 Å². The third-order valence-electron chi connectivity index (χ3n) is 4.05. The third-order valence-corrected chi connectivity index (χ3v) is 18.8. The molecule has 0 atom stereocenters. The second-order valence-corrected chi connectivity index (χ2v) is 21.6. The van der Waals surface area contributed by atoms with Crippen LogP contribution in [0, 0.1) is 0 Å². The standard InChI is InChI=1S/C11H23NOS7.C9H19NOS5/c1-14-8-18-11-20-19-10-17-7-13-4-2-3-12-5-15-9-16-6-12;1-12-8-16-15-7-11-4-2-3-10-5-13-9-14-6-10/h2-11H2,1H3;2-9H2,1H3. The molecule has 0 aromatic carbocycles. The summed E-state index contributed by atoms with van der Waals surface area (Å²) in [5.41, 5.74) is 0. The van der Waals surface area contributed by atoms with Gasteiger partial charge in [-0.15, -0.1) is 70.6 Å². The normalized spacial score (nSPS) is 17.2. The van der Waals surface area contributed by atoms with Gasteiger partial charge in [-0.1, -0.05) is 43.2 Å². The van der Waals surface area contributed by atoms with E-state index < -0.39 is 0 Å². The molecule has 0 aliphatic carbocycles. The van der Waals surface area contributed by atoms with E-state index in [0.717, 1.165) is 48.1 Å². The molecule has 216 valence electrons. The Morgan fingerprint density at radius 3 is 1.64 bits per heavy atom. The molecular formula is C20H42N2O2S12. The molecule has 2 aliphatic heterocycles. The van der Waals surface area contributed by atoms with Gasteiger partial charge in [0, 0.05) is 70.1 Å². The van der Waals surface area contributed by atoms with Crippen molar-refractivity contribution in [3.63, 3.8) is 0 Å². The number of hydrogen-bond donors (Lipinski definition) is 0. The number of ether oxygens (including phenoxy) is 2. The zero-order valence-corrected chi connectivity index (χ0v) is 31.1. The molecule has 2 rings (SSSR count). The van der Waals surface area contributed by atoms with Crippen LogP contribution in [0.5, 0.6) is 0 Å². The highest BCUT2D eigenvalue weighted by atomic mass is 33.1. The van der Waals surface area contributed by atoms with Crippen LogP contribution in [0.15, 0.2) is 0 Å². The summed E-state index contributed by atoms with van der Waals surface area (Å²) in [6.07, 6.45) is 6.60. The van der Waals surface area contributed by atoms with E-state index in [1.54, 1.807) is 0 Å². The van der Waals surface area contributed by atoms with Gasteiger partial charge < -0.3 is 9.47 Å². The van der Waals surface area contributed by atoms with Gasteiger partial charge in [0.1, 0.15) is 5.94 Å². The Hall–Kier alpha value is 4.04. The molecule has 0 aromatic heterocycles. The van der Waals surface area contributed by atoms with Crippen molar-refractivity contribution in [3.8, 4) is 0 Å². The van der Waals surface area contributed by atoms with Gasteiger partial charge in [-0.25, -0.2) is 0 Å². The first kappa shape index (κ1) is 38.1. The second kappa shape index (κ2) is 32.0. The quantitative estimate of drug-likeness (QED) is 0.0603. The van der Waals surface area contributed by atoms with E-state index in [4.69, 9.17) is 9.47 Å². The van der Waals surface area contributed by atoms with Crippen molar-refractivity contribution in [1.82, 2.24) is 9.80 Å². The molecule has 4 nitrogen and oxygen atoms in total. The Morgan fingerprint density at radius 1 is 0.583 bits per heavy atom. The van der Waals surface area contributed by atoms with Crippen molar-refractivity contribution in [3.05, 3.63) is 0 Å². The number of nitrogens with zero attached hydrogens (tertiary/aromatic N) is 2. The zero-order valence-electron chi connectivity index (χ0n) is 21.3. The maximum Gasteiger partial charge on any atom is 0.102 e. The van der Waals surface area contributed by atoms with Crippen molar-refractivity contribution in [2.45, 2.75) is 12.8 Å². The van der Waals surface area contributed by atoms with Crippen LogP contribution < -0.4 is 0 Å². The first-order valence-corrected chi connectivity index (χ1v) is 26.1. The molecule has 0 amide bonds. The fourth-order valence-electron chi connectivity index (χ4n) is 2.51. The highest BCUT2D eigenvalue weighted by Crippen LogP contribution is 2.30. The van der Waals surface area contributed by atoms with Crippen molar-refractivity contribution in [2.75, 3.05) is 105 Å². The molecule has 0 spiro atoms. The fourth-order valence-corrected chi connectivity index (χ4v) is 15.2. The smallest absolute Gasteiger partial charge is 0.102 e. The average Bonchev–Trinajstić information content (AvgIpc) is 2.92. The molecule has 0 bridgehead atoms. The van der Waals surface area contributed by atoms with Gasteiger partial charge in [-0.2, -0.15) is 23.5 Å². The molecule has 0 N–H and O–H groups in total. The predicted octanol–water partition coefficient (Wildman–Crippen LogP) is 8.80. The van der Waals surface area contributed by atoms with E-state index in [1.807, 2.05) is 137 Å². The lowest BCUT2D eigenvalue weighted by atomic mass is 10.4. The minimum Gasteiger partial charge on any atom is -0.371 e. The van der Waals surface area contributed by atoms with Gasteiger partial charge in [-0.3, -0.25) is 9.80 Å². The molecule has 36 heavy (non-hydrogen) atoms. The third kappa shape index (κ3) is 26.9. The summed E-state index contributed by atoms with van der Waals surface area (Å²) in [6.45, 7) is 4.17. The van der Waals surface area contributed by atoms with Crippen LogP contribution in [0.25, 0.3) is 0 Å². The SMILES string of the molecule is CSCSCSSCSCOCCCN1CSCSC1.CSCSSCOCCCN1CSCSC1. The lowest BCUT2D eigenvalue weighted by molar-refractivity contribution is 0.168. The van der Waals surface area contributed by atoms with Crippen molar-refractivity contribution < 1.29 is 9.47 Å². The summed E-state index contributed by atoms with van der Waals surface area (Å²) >= 11 is 15.7. The van der Waals surface area contributed by atoms with E-state index in [1.165, 1.54) is 56.9 Å². The Morgan fingerprint density at radius 2 is 1.08 bits per heavy atom. The maximum absolute atomic E-state index is 5.66. The zero-order chi connectivity index (χ0) is 25.8. The van der Waals surface area contributed by atoms with E-state index in [2.05, 4.69) is 22.3 Å². The van der Waals surface area contributed by atoms with Gasteiger partial charge in [0.15, 0.2) is 0 Å². The lowest BCUT2D eigenvalue weighted by Crippen LogP contribution is -2.27. The van der Waals surface area contributed by atoms with Crippen LogP contribution in [0.4, 0.5) is 0 Å². The highest BCUT2D eigenvalue weighted by molar-refractivity contribution is 8.79. The van der Waals surface area contributed by atoms with Crippen LogP contribution in [-0.2, 0) is 9.47 Å². The van der Waals surface area contributed by atoms with E-state index >= 15 is 0 Å². The fraction of sp³-hybridized carbons (Fsp3) is 1.00. The maximum atomic E-state index is 5.66. The summed E-state index contributed by atoms with van der Waals surface area (Å²) in [4.78, 5) is 5.01. The van der Waals surface area contributed by atoms with Crippen LogP contribution in [0.1, 0.15) is 12.8 Å². The Kier molecular flexibility index (Phi) is 33.8. The highest BCUT2D eigenvalue weighted by Gasteiger charge is 2.10. The van der Waals surface area contributed by atoms with Gasteiger partial charge in [0.05, 0.1) is 16.1 Å². The van der Waals surface area contributed by atoms with Crippen molar-refractivity contribution in [2.24, 2.45) is 0 Å². The first-order chi connectivity index (χ1) is 17.9. The molecule has 0 unspecified atom stereocenters. The number of rotatable bonds is 22. The van der Waals surface area contributed by atoms with E-state index in [0.29, 0.717) is 0 Å². The minimum atomic E-state index is 0.828. The summed E-state index contributed by atoms with van der Waals surface area (Å²) in [5.74, 6) is 6.47. The largest absolute Gasteiger partial charge is 0.371 e. The van der Waals surface area contributed by atoms with Gasteiger partial charge in [0.2, 0.25) is 0 Å². The Bertz CT molecular complexity index is 440. The summed E-state index contributed by atoms with van der Waals surface area (Å²) in [6, 6.07) is 0. The monoisotopic (exact) mass is 726 g/mol. The van der Waals surface area contributed by atoms with Crippen molar-refractivity contribution >= 4 is 137 Å². The van der Waals surface area contributed by atoms with E-state index in [9.17, 15) is 0 Å². The van der Waals surface area contributed by atoms with Gasteiger partial charge >= 0.3 is 0 Å². The molecule has 2 aliphatic rings. The van der Waals surface area contributed by atoms with Gasteiger partial charge in [0.25, 0.3) is 0 Å². The molecule has 2 saturated heterocycles. The molecule has 0 aromatic rings. The number of thioether (sulfide) groups is 8. The predicted molar refractivity (Wildman–Crippen MR) is 196 cm³/mol. The molecule has 2 heterocycles. The Labute approximate surface area is 271 Å². The van der Waals surface area contributed by atoms with Crippen LogP contribution in [0.3, 0.4) is 0 Å². The average molecular weight is 727 g/mol. The summed E-state index contributed by atoms with van der Waals surface area (Å²) in [5, 5.41) is 7.20. The van der Waals surface area contributed by atoms with Crippen LogP contribution in [-0.4, -0.2) is 115 Å². The molecule has 0 saturated carbocycles. The number of hydrogen-bond acceptors (Lipinski definition) is 16. The molecule has 16 heteroatoms. The minimum absolute atomic E-state index is 0.828. The summed E-state index contributed by atoms with van der Waals surface area (Å²) in [7, 11) is 7.60. The van der Waals surface area contributed by atoms with Crippen LogP contribution in [0.2, 0.25) is 0 Å². The lowest BCUT2D eigenvalue weighted by Gasteiger charge is -2.25. The molecule has 0 radical (unpaired) electrons. The first-order valence-electron chi connectivity index (χ1n) is 11.4. The van der Waals surface area contributed by atoms with Gasteiger partial charge in [-0.05, 0) is 25.4 Å². The van der Waals surface area contributed by atoms with E-state index in [-0.39, 0.29) is 0 Å². The second-order valence-electron chi connectivity index (χ2n) is 7.05.